The summed E-state index contributed by atoms with van der Waals surface area (Å²) < 4.78 is 22.2. The average molecular weight is 653 g/mol. The first-order valence-electron chi connectivity index (χ1n) is 14.9. The van der Waals surface area contributed by atoms with Gasteiger partial charge in [-0.05, 0) is 67.5 Å². The smallest absolute Gasteiger partial charge is 0.350 e. The minimum absolute atomic E-state index is 0.187. The Morgan fingerprint density at radius 3 is 2.39 bits per heavy atom. The Kier molecular flexibility index (Phi) is 10.9. The Bertz CT molecular complexity index is 1700. The van der Waals surface area contributed by atoms with Gasteiger partial charge < -0.3 is 34.9 Å². The minimum Gasteiger partial charge on any atom is -0.493 e. The van der Waals surface area contributed by atoms with E-state index in [1.807, 2.05) is 19.9 Å². The van der Waals surface area contributed by atoms with Crippen LogP contribution < -0.4 is 35.6 Å². The van der Waals surface area contributed by atoms with Crippen LogP contribution >= 0.6 is 11.3 Å². The number of ether oxygens (including phenoxy) is 4. The lowest BCUT2D eigenvalue weighted by Gasteiger charge is -2.21. The number of thiazole rings is 1. The normalized spacial score (nSPS) is 14.2. The SMILES string of the molecule is CCOC(=O)c1sc(NC(=O)[C@H](Nc2ccc3c(cc2=O)[C@@H](NC(C)=O)CCc2cc(OC)c(OC)c(OC)c2-3)C(C)C)nc1C. The molecule has 46 heavy (non-hydrogen) atoms. The van der Waals surface area contributed by atoms with Crippen LogP contribution in [0.25, 0.3) is 11.1 Å². The van der Waals surface area contributed by atoms with Crippen molar-refractivity contribution in [2.45, 2.75) is 59.5 Å². The molecule has 0 unspecified atom stereocenters. The number of hydrogen-bond donors (Lipinski definition) is 3. The fourth-order valence-electron chi connectivity index (χ4n) is 5.55. The highest BCUT2D eigenvalue weighted by Crippen LogP contribution is 2.50. The van der Waals surface area contributed by atoms with E-state index in [1.54, 1.807) is 33.1 Å². The number of esters is 1. The number of amides is 2. The fourth-order valence-corrected chi connectivity index (χ4v) is 6.41. The number of carbonyl (C=O) groups is 3. The van der Waals surface area contributed by atoms with Gasteiger partial charge in [-0.3, -0.25) is 14.4 Å². The molecule has 0 radical (unpaired) electrons. The summed E-state index contributed by atoms with van der Waals surface area (Å²) in [6, 6.07) is 5.49. The van der Waals surface area contributed by atoms with Gasteiger partial charge in [-0.15, -0.1) is 0 Å². The number of aryl methyl sites for hydroxylation is 2. The Morgan fingerprint density at radius 2 is 1.78 bits per heavy atom. The maximum absolute atomic E-state index is 13.8. The summed E-state index contributed by atoms with van der Waals surface area (Å²) in [4.78, 5) is 56.4. The van der Waals surface area contributed by atoms with Crippen LogP contribution in [-0.2, 0) is 20.7 Å². The van der Waals surface area contributed by atoms with E-state index in [0.717, 1.165) is 22.5 Å². The molecule has 3 N–H and O–H groups in total. The molecule has 1 heterocycles. The summed E-state index contributed by atoms with van der Waals surface area (Å²) in [5.41, 5.74) is 3.17. The van der Waals surface area contributed by atoms with Gasteiger partial charge in [0.25, 0.3) is 0 Å². The summed E-state index contributed by atoms with van der Waals surface area (Å²) in [6.07, 6.45) is 1.08. The first-order valence-corrected chi connectivity index (χ1v) is 15.7. The number of rotatable bonds is 11. The molecule has 0 bridgehead atoms. The van der Waals surface area contributed by atoms with E-state index in [9.17, 15) is 19.2 Å². The zero-order valence-corrected chi connectivity index (χ0v) is 28.1. The van der Waals surface area contributed by atoms with Gasteiger partial charge >= 0.3 is 5.97 Å². The molecule has 2 amide bonds. The summed E-state index contributed by atoms with van der Waals surface area (Å²) >= 11 is 1.03. The molecule has 12 nitrogen and oxygen atoms in total. The predicted molar refractivity (Wildman–Crippen MR) is 176 cm³/mol. The number of hydrogen-bond acceptors (Lipinski definition) is 11. The molecule has 1 aliphatic carbocycles. The van der Waals surface area contributed by atoms with Gasteiger partial charge in [-0.1, -0.05) is 31.3 Å². The molecule has 2 atom stereocenters. The van der Waals surface area contributed by atoms with E-state index >= 15 is 0 Å². The van der Waals surface area contributed by atoms with E-state index in [1.165, 1.54) is 27.2 Å². The molecule has 4 rings (SSSR count). The Labute approximate surface area is 271 Å². The number of anilines is 2. The van der Waals surface area contributed by atoms with Gasteiger partial charge in [0, 0.05) is 12.5 Å². The maximum Gasteiger partial charge on any atom is 0.350 e. The van der Waals surface area contributed by atoms with Crippen molar-refractivity contribution in [2.75, 3.05) is 38.6 Å². The highest BCUT2D eigenvalue weighted by molar-refractivity contribution is 7.17. The lowest BCUT2D eigenvalue weighted by Crippen LogP contribution is -2.39. The molecule has 0 spiro atoms. The van der Waals surface area contributed by atoms with Crippen LogP contribution in [-0.4, -0.2) is 56.7 Å². The molecule has 246 valence electrons. The van der Waals surface area contributed by atoms with Crippen LogP contribution in [0.3, 0.4) is 0 Å². The third-order valence-corrected chi connectivity index (χ3v) is 8.72. The van der Waals surface area contributed by atoms with E-state index < -0.39 is 24.0 Å². The first kappa shape index (κ1) is 34.2. The summed E-state index contributed by atoms with van der Waals surface area (Å²) in [7, 11) is 4.61. The number of aromatic nitrogens is 1. The van der Waals surface area contributed by atoms with Crippen molar-refractivity contribution in [1.29, 1.82) is 0 Å². The molecule has 0 fully saturated rings. The molecule has 1 aromatic heterocycles. The molecule has 13 heteroatoms. The molecule has 0 saturated heterocycles. The average Bonchev–Trinajstić information content (AvgIpc) is 3.21. The van der Waals surface area contributed by atoms with Crippen molar-refractivity contribution >= 4 is 39.9 Å². The van der Waals surface area contributed by atoms with Crippen LogP contribution in [0.1, 0.15) is 66.7 Å². The topological polar surface area (TPSA) is 154 Å². The van der Waals surface area contributed by atoms with Crippen LogP contribution in [0.15, 0.2) is 29.1 Å². The summed E-state index contributed by atoms with van der Waals surface area (Å²) in [5.74, 6) is -0.0580. The van der Waals surface area contributed by atoms with Crippen molar-refractivity contribution in [1.82, 2.24) is 10.3 Å². The van der Waals surface area contributed by atoms with E-state index in [0.29, 0.717) is 51.8 Å². The molecule has 1 aliphatic rings. The van der Waals surface area contributed by atoms with Gasteiger partial charge in [0.2, 0.25) is 23.0 Å². The molecule has 0 saturated carbocycles. The van der Waals surface area contributed by atoms with Gasteiger partial charge in [-0.25, -0.2) is 9.78 Å². The Balaban J connectivity index is 1.79. The van der Waals surface area contributed by atoms with Crippen LogP contribution in [0.4, 0.5) is 10.8 Å². The monoisotopic (exact) mass is 652 g/mol. The van der Waals surface area contributed by atoms with Gasteiger partial charge in [0.15, 0.2) is 16.6 Å². The number of nitrogens with zero attached hydrogens (tertiary/aromatic N) is 1. The van der Waals surface area contributed by atoms with Crippen molar-refractivity contribution in [3.05, 3.63) is 56.2 Å². The zero-order chi connectivity index (χ0) is 33.7. The summed E-state index contributed by atoms with van der Waals surface area (Å²) in [5, 5.41) is 9.15. The molecular formula is C33H40N4O8S. The quantitative estimate of drug-likeness (QED) is 0.244. The Hall–Kier alpha value is -4.65. The van der Waals surface area contributed by atoms with E-state index in [-0.39, 0.29) is 34.7 Å². The van der Waals surface area contributed by atoms with E-state index in [2.05, 4.69) is 20.9 Å². The zero-order valence-electron chi connectivity index (χ0n) is 27.3. The van der Waals surface area contributed by atoms with Crippen LogP contribution in [0.2, 0.25) is 0 Å². The van der Waals surface area contributed by atoms with Gasteiger partial charge in [-0.2, -0.15) is 0 Å². The lowest BCUT2D eigenvalue weighted by atomic mass is 9.95. The largest absolute Gasteiger partial charge is 0.493 e. The number of nitrogens with one attached hydrogen (secondary N) is 3. The summed E-state index contributed by atoms with van der Waals surface area (Å²) in [6.45, 7) is 8.74. The second-order valence-corrected chi connectivity index (χ2v) is 12.1. The van der Waals surface area contributed by atoms with Gasteiger partial charge in [0.1, 0.15) is 10.9 Å². The van der Waals surface area contributed by atoms with Crippen molar-refractivity contribution in [3.63, 3.8) is 0 Å². The fraction of sp³-hybridized carbons (Fsp3) is 0.424. The van der Waals surface area contributed by atoms with Crippen molar-refractivity contribution in [2.24, 2.45) is 5.92 Å². The third-order valence-electron chi connectivity index (χ3n) is 7.66. The second-order valence-electron chi connectivity index (χ2n) is 11.1. The second kappa shape index (κ2) is 14.6. The van der Waals surface area contributed by atoms with Crippen molar-refractivity contribution < 1.29 is 33.3 Å². The van der Waals surface area contributed by atoms with Crippen molar-refractivity contribution in [3.8, 4) is 28.4 Å². The number of methoxy groups -OCH3 is 3. The molecule has 2 aromatic carbocycles. The predicted octanol–water partition coefficient (Wildman–Crippen LogP) is 4.88. The highest BCUT2D eigenvalue weighted by atomic mass is 32.1. The standard InChI is InChI=1S/C33H40N4O8S/c1-9-45-32(41)30-17(4)34-33(46-30)37-31(40)27(16(2)3)36-23-13-11-20-21(15-24(23)39)22(35-18(5)38)12-10-19-14-25(42-6)28(43-7)29(44-8)26(19)20/h11,13-16,22,27H,9-10,12H2,1-8H3,(H,35,38)(H,36,39)(H,34,37,40)/t22-,27+/m0/s1. The maximum atomic E-state index is 13.8. The lowest BCUT2D eigenvalue weighted by molar-refractivity contribution is -0.120. The third kappa shape index (κ3) is 7.09. The Morgan fingerprint density at radius 1 is 1.07 bits per heavy atom. The van der Waals surface area contributed by atoms with Crippen LogP contribution in [0, 0.1) is 12.8 Å². The van der Waals surface area contributed by atoms with Gasteiger partial charge in [0.05, 0.1) is 45.4 Å². The molecule has 3 aromatic rings. The molecular weight excluding hydrogens is 612 g/mol. The minimum atomic E-state index is -0.831. The number of benzene rings is 1. The highest BCUT2D eigenvalue weighted by Gasteiger charge is 2.30. The number of carbonyl (C=O) groups excluding carboxylic acids is 3. The van der Waals surface area contributed by atoms with Crippen LogP contribution in [0.5, 0.6) is 17.2 Å². The van der Waals surface area contributed by atoms with E-state index in [4.69, 9.17) is 18.9 Å². The number of fused-ring (bicyclic) bond motifs is 3. The molecule has 0 aliphatic heterocycles. The first-order chi connectivity index (χ1) is 21.9.